The fourth-order valence-electron chi connectivity index (χ4n) is 5.81. The molecule has 1 aromatic carbocycles. The number of ether oxygens (including phenoxy) is 1. The lowest BCUT2D eigenvalue weighted by Gasteiger charge is -2.28. The Morgan fingerprint density at radius 2 is 1.28 bits per heavy atom. The highest BCUT2D eigenvalue weighted by Gasteiger charge is 2.20. The van der Waals surface area contributed by atoms with Gasteiger partial charge in [0, 0.05) is 11.8 Å². The number of unbranched alkanes of at least 4 members (excludes halogenated alkanes) is 8. The van der Waals surface area contributed by atoms with Crippen LogP contribution in [0.3, 0.4) is 0 Å². The molecular weight excluding hydrogens is 438 g/mol. The van der Waals surface area contributed by atoms with Crippen LogP contribution in [0.25, 0.3) is 11.3 Å². The third-order valence-corrected chi connectivity index (χ3v) is 8.25. The summed E-state index contributed by atoms with van der Waals surface area (Å²) in [6, 6.07) is 12.9. The second-order valence-electron chi connectivity index (χ2n) is 11.3. The van der Waals surface area contributed by atoms with Gasteiger partial charge in [0.1, 0.15) is 5.75 Å². The molecule has 1 heterocycles. The molecule has 200 valence electrons. The Balaban J connectivity index is 1.28. The molecule has 0 amide bonds. The van der Waals surface area contributed by atoms with Crippen molar-refractivity contribution in [3.63, 3.8) is 0 Å². The van der Waals surface area contributed by atoms with Crippen LogP contribution in [-0.2, 0) is 6.42 Å². The van der Waals surface area contributed by atoms with Crippen LogP contribution in [0, 0.1) is 11.8 Å². The van der Waals surface area contributed by atoms with Crippen molar-refractivity contribution in [2.75, 3.05) is 6.61 Å². The van der Waals surface area contributed by atoms with Crippen LogP contribution < -0.4 is 4.74 Å². The molecule has 2 nitrogen and oxygen atoms in total. The topological polar surface area (TPSA) is 22.1 Å². The maximum Gasteiger partial charge on any atom is 0.119 e. The van der Waals surface area contributed by atoms with Crippen LogP contribution in [-0.4, -0.2) is 11.6 Å². The first kappa shape index (κ1) is 28.7. The van der Waals surface area contributed by atoms with E-state index in [9.17, 15) is 0 Å². The van der Waals surface area contributed by atoms with E-state index in [0.29, 0.717) is 0 Å². The van der Waals surface area contributed by atoms with Crippen molar-refractivity contribution in [2.45, 2.75) is 129 Å². The van der Waals surface area contributed by atoms with Gasteiger partial charge in [0.25, 0.3) is 0 Å². The van der Waals surface area contributed by atoms with Crippen molar-refractivity contribution < 1.29 is 4.74 Å². The van der Waals surface area contributed by atoms with Gasteiger partial charge in [0.05, 0.1) is 12.3 Å². The molecule has 0 aliphatic heterocycles. The smallest absolute Gasteiger partial charge is 0.119 e. The van der Waals surface area contributed by atoms with Crippen LogP contribution >= 0.6 is 0 Å². The van der Waals surface area contributed by atoms with E-state index in [0.717, 1.165) is 36.3 Å². The van der Waals surface area contributed by atoms with Crippen LogP contribution in [0.5, 0.6) is 5.75 Å². The van der Waals surface area contributed by atoms with E-state index in [2.05, 4.69) is 56.4 Å². The fraction of sp³-hybridized carbons (Fsp3) is 0.676. The van der Waals surface area contributed by atoms with E-state index < -0.39 is 0 Å². The molecule has 1 fully saturated rings. The van der Waals surface area contributed by atoms with Crippen LogP contribution in [0.2, 0.25) is 0 Å². The fourth-order valence-corrected chi connectivity index (χ4v) is 5.81. The lowest BCUT2D eigenvalue weighted by molar-refractivity contribution is 0.228. The predicted octanol–water partition coefficient (Wildman–Crippen LogP) is 10.6. The summed E-state index contributed by atoms with van der Waals surface area (Å²) >= 11 is 0. The third-order valence-electron chi connectivity index (χ3n) is 8.25. The summed E-state index contributed by atoms with van der Waals surface area (Å²) in [6.07, 6.45) is 26.7. The standard InChI is InChI=1S/C34H53NO/c1-3-5-7-8-9-10-12-15-31-21-26-34(35-28-31)32-22-24-33(25-23-32)36-27-13-16-30-19-17-29(18-20-30)14-11-6-4-2/h21-26,28-30H,3-20,27H2,1-2H3/t29-,30-. The van der Waals surface area contributed by atoms with Gasteiger partial charge in [-0.15, -0.1) is 0 Å². The highest BCUT2D eigenvalue weighted by atomic mass is 16.5. The Hall–Kier alpha value is -1.83. The first-order valence-electron chi connectivity index (χ1n) is 15.5. The Morgan fingerprint density at radius 3 is 1.92 bits per heavy atom. The van der Waals surface area contributed by atoms with Gasteiger partial charge in [-0.25, -0.2) is 0 Å². The van der Waals surface area contributed by atoms with E-state index >= 15 is 0 Å². The van der Waals surface area contributed by atoms with Crippen molar-refractivity contribution in [3.8, 4) is 17.0 Å². The molecule has 1 aliphatic carbocycles. The molecule has 36 heavy (non-hydrogen) atoms. The molecule has 0 spiro atoms. The van der Waals surface area contributed by atoms with Crippen LogP contribution in [0.4, 0.5) is 0 Å². The van der Waals surface area contributed by atoms with Crippen molar-refractivity contribution in [1.82, 2.24) is 4.98 Å². The second kappa shape index (κ2) is 17.6. The number of hydrogen-bond acceptors (Lipinski definition) is 2. The molecule has 2 heteroatoms. The SMILES string of the molecule is CCCCCCCCCc1ccc(-c2ccc(OCCC[C@H]3CC[C@H](CCCCC)CC3)cc2)nc1. The Bertz CT molecular complexity index is 789. The largest absolute Gasteiger partial charge is 0.494 e. The molecular formula is C34H53NO. The zero-order valence-corrected chi connectivity index (χ0v) is 23.5. The minimum Gasteiger partial charge on any atom is -0.494 e. The zero-order valence-electron chi connectivity index (χ0n) is 23.5. The Labute approximate surface area is 222 Å². The number of aryl methyl sites for hydroxylation is 1. The maximum absolute atomic E-state index is 6.06. The number of hydrogen-bond donors (Lipinski definition) is 0. The van der Waals surface area contributed by atoms with Gasteiger partial charge in [-0.3, -0.25) is 4.98 Å². The van der Waals surface area contributed by atoms with Gasteiger partial charge < -0.3 is 4.74 Å². The Morgan fingerprint density at radius 1 is 0.667 bits per heavy atom. The number of rotatable bonds is 18. The minimum atomic E-state index is 0.835. The van der Waals surface area contributed by atoms with Crippen molar-refractivity contribution in [1.29, 1.82) is 0 Å². The summed E-state index contributed by atoms with van der Waals surface area (Å²) in [4.78, 5) is 4.73. The monoisotopic (exact) mass is 491 g/mol. The molecule has 1 aromatic heterocycles. The molecule has 0 radical (unpaired) electrons. The van der Waals surface area contributed by atoms with Crippen LogP contribution in [0.15, 0.2) is 42.6 Å². The average molecular weight is 492 g/mol. The van der Waals surface area contributed by atoms with Gasteiger partial charge >= 0.3 is 0 Å². The zero-order chi connectivity index (χ0) is 25.3. The summed E-state index contributed by atoms with van der Waals surface area (Å²) in [7, 11) is 0. The quantitative estimate of drug-likeness (QED) is 0.193. The number of nitrogens with zero attached hydrogens (tertiary/aromatic N) is 1. The molecule has 0 atom stereocenters. The van der Waals surface area contributed by atoms with Gasteiger partial charge in [0.2, 0.25) is 0 Å². The number of benzene rings is 1. The molecule has 1 saturated carbocycles. The third kappa shape index (κ3) is 11.1. The minimum absolute atomic E-state index is 0.835. The molecule has 3 rings (SSSR count). The second-order valence-corrected chi connectivity index (χ2v) is 11.3. The van der Waals surface area contributed by atoms with Gasteiger partial charge in [0.15, 0.2) is 0 Å². The molecule has 0 saturated heterocycles. The van der Waals surface area contributed by atoms with Crippen molar-refractivity contribution in [2.24, 2.45) is 11.8 Å². The molecule has 0 N–H and O–H groups in total. The van der Waals surface area contributed by atoms with E-state index in [1.165, 1.54) is 120 Å². The number of pyridine rings is 1. The van der Waals surface area contributed by atoms with E-state index in [4.69, 9.17) is 9.72 Å². The summed E-state index contributed by atoms with van der Waals surface area (Å²) in [5, 5.41) is 0. The van der Waals surface area contributed by atoms with Crippen LogP contribution in [0.1, 0.15) is 129 Å². The average Bonchev–Trinajstić information content (AvgIpc) is 2.92. The molecule has 0 unspecified atom stereocenters. The molecule has 0 bridgehead atoms. The van der Waals surface area contributed by atoms with E-state index in [1.807, 2.05) is 0 Å². The highest BCUT2D eigenvalue weighted by molar-refractivity contribution is 5.60. The normalized spacial score (nSPS) is 17.8. The summed E-state index contributed by atoms with van der Waals surface area (Å²) < 4.78 is 6.06. The highest BCUT2D eigenvalue weighted by Crippen LogP contribution is 2.34. The van der Waals surface area contributed by atoms with E-state index in [1.54, 1.807) is 0 Å². The molecule has 1 aliphatic rings. The Kier molecular flexibility index (Phi) is 14.0. The summed E-state index contributed by atoms with van der Waals surface area (Å²) in [6.45, 7) is 5.42. The van der Waals surface area contributed by atoms with Gasteiger partial charge in [-0.2, -0.15) is 0 Å². The van der Waals surface area contributed by atoms with Gasteiger partial charge in [-0.1, -0.05) is 110 Å². The van der Waals surface area contributed by atoms with Gasteiger partial charge in [-0.05, 0) is 73.4 Å². The molecule has 2 aromatic rings. The van der Waals surface area contributed by atoms with E-state index in [-0.39, 0.29) is 0 Å². The first-order chi connectivity index (χ1) is 17.8. The van der Waals surface area contributed by atoms with Crippen molar-refractivity contribution >= 4 is 0 Å². The number of aromatic nitrogens is 1. The summed E-state index contributed by atoms with van der Waals surface area (Å²) in [5.41, 5.74) is 3.58. The predicted molar refractivity (Wildman–Crippen MR) is 156 cm³/mol. The first-order valence-corrected chi connectivity index (χ1v) is 15.5. The van der Waals surface area contributed by atoms with Crippen molar-refractivity contribution in [3.05, 3.63) is 48.2 Å². The lowest BCUT2D eigenvalue weighted by Crippen LogP contribution is -2.15. The summed E-state index contributed by atoms with van der Waals surface area (Å²) in [5.74, 6) is 2.92. The maximum atomic E-state index is 6.06. The lowest BCUT2D eigenvalue weighted by atomic mass is 9.78.